The summed E-state index contributed by atoms with van der Waals surface area (Å²) in [5, 5.41) is 24.3. The van der Waals surface area contributed by atoms with Crippen LogP contribution in [0.5, 0.6) is 0 Å². The van der Waals surface area contributed by atoms with Gasteiger partial charge in [0.1, 0.15) is 0 Å². The largest absolute Gasteiger partial charge is 0.381 e. The summed E-state index contributed by atoms with van der Waals surface area (Å²) in [5.74, 6) is -0.486. The van der Waals surface area contributed by atoms with Gasteiger partial charge in [-0.2, -0.15) is 0 Å². The predicted molar refractivity (Wildman–Crippen MR) is 71.1 cm³/mol. The summed E-state index contributed by atoms with van der Waals surface area (Å²) in [4.78, 5) is 31.9. The van der Waals surface area contributed by atoms with E-state index in [1.54, 1.807) is 0 Å². The highest BCUT2D eigenvalue weighted by Crippen LogP contribution is 2.27. The van der Waals surface area contributed by atoms with E-state index in [4.69, 9.17) is 4.74 Å². The minimum absolute atomic E-state index is 0.0267. The lowest BCUT2D eigenvalue weighted by atomic mass is 10.1. The molecule has 0 saturated carbocycles. The Morgan fingerprint density at radius 2 is 1.76 bits per heavy atom. The molecule has 0 aliphatic carbocycles. The Hall–Kier alpha value is -2.55. The molecule has 1 aliphatic heterocycles. The van der Waals surface area contributed by atoms with Crippen molar-refractivity contribution in [2.75, 3.05) is 13.2 Å². The number of hydrogen-bond acceptors (Lipinski definition) is 6. The van der Waals surface area contributed by atoms with Gasteiger partial charge in [-0.15, -0.1) is 0 Å². The first-order chi connectivity index (χ1) is 9.99. The molecule has 9 heteroatoms. The Kier molecular flexibility index (Phi) is 4.43. The number of nitrogens with one attached hydrogen (secondary N) is 1. The van der Waals surface area contributed by atoms with Gasteiger partial charge in [-0.05, 0) is 18.9 Å². The van der Waals surface area contributed by atoms with Crippen molar-refractivity contribution in [1.29, 1.82) is 0 Å². The number of nitro groups is 2. The quantitative estimate of drug-likeness (QED) is 0.661. The molecule has 1 saturated heterocycles. The van der Waals surface area contributed by atoms with E-state index < -0.39 is 27.1 Å². The third-order valence-corrected chi connectivity index (χ3v) is 3.19. The number of amides is 1. The summed E-state index contributed by atoms with van der Waals surface area (Å²) < 4.78 is 5.16. The van der Waals surface area contributed by atoms with Crippen molar-refractivity contribution in [3.8, 4) is 0 Å². The number of rotatable bonds is 4. The normalized spacial score (nSPS) is 15.4. The molecule has 21 heavy (non-hydrogen) atoms. The van der Waals surface area contributed by atoms with Gasteiger partial charge < -0.3 is 10.1 Å². The van der Waals surface area contributed by atoms with Gasteiger partial charge in [0, 0.05) is 37.0 Å². The highest BCUT2D eigenvalue weighted by Gasteiger charge is 2.26. The lowest BCUT2D eigenvalue weighted by molar-refractivity contribution is -0.422. The second kappa shape index (κ2) is 6.27. The molecule has 1 aliphatic rings. The summed E-state index contributed by atoms with van der Waals surface area (Å²) in [7, 11) is 0. The number of ether oxygens (including phenoxy) is 1. The van der Waals surface area contributed by atoms with Crippen LogP contribution in [0.15, 0.2) is 18.2 Å². The van der Waals surface area contributed by atoms with Crippen molar-refractivity contribution >= 4 is 17.3 Å². The van der Waals surface area contributed by atoms with E-state index >= 15 is 0 Å². The van der Waals surface area contributed by atoms with Crippen molar-refractivity contribution in [2.45, 2.75) is 18.9 Å². The first kappa shape index (κ1) is 14.9. The lowest BCUT2D eigenvalue weighted by Gasteiger charge is -2.23. The van der Waals surface area contributed by atoms with Gasteiger partial charge in [0.25, 0.3) is 5.91 Å². The van der Waals surface area contributed by atoms with Gasteiger partial charge in [0.15, 0.2) is 0 Å². The Morgan fingerprint density at radius 3 is 2.33 bits per heavy atom. The van der Waals surface area contributed by atoms with E-state index in [-0.39, 0.29) is 11.6 Å². The van der Waals surface area contributed by atoms with Gasteiger partial charge in [-0.3, -0.25) is 25.0 Å². The average molecular weight is 295 g/mol. The molecular formula is C12H13N3O6. The number of benzene rings is 1. The molecule has 0 atom stereocenters. The van der Waals surface area contributed by atoms with Crippen LogP contribution in [-0.2, 0) is 4.74 Å². The molecule has 112 valence electrons. The minimum atomic E-state index is -0.872. The van der Waals surface area contributed by atoms with Crippen LogP contribution in [0, 0.1) is 20.2 Å². The highest BCUT2D eigenvalue weighted by atomic mass is 16.6. The highest BCUT2D eigenvalue weighted by molar-refractivity contribution is 5.95. The van der Waals surface area contributed by atoms with Gasteiger partial charge in [-0.1, -0.05) is 0 Å². The monoisotopic (exact) mass is 295 g/mol. The predicted octanol–water partition coefficient (Wildman–Crippen LogP) is 1.41. The number of carbonyl (C=O) groups is 1. The fraction of sp³-hybridized carbons (Fsp3) is 0.417. The van der Waals surface area contributed by atoms with Gasteiger partial charge in [0.05, 0.1) is 9.85 Å². The maximum atomic E-state index is 12.0. The van der Waals surface area contributed by atoms with Crippen LogP contribution in [0.1, 0.15) is 23.2 Å². The van der Waals surface area contributed by atoms with Crippen LogP contribution >= 0.6 is 0 Å². The Labute approximate surface area is 119 Å². The Bertz CT molecular complexity index is 582. The molecule has 1 aromatic rings. The number of nitro benzene ring substituents is 2. The van der Waals surface area contributed by atoms with E-state index in [0.29, 0.717) is 26.1 Å². The van der Waals surface area contributed by atoms with E-state index in [1.165, 1.54) is 6.07 Å². The molecule has 1 N–H and O–H groups in total. The van der Waals surface area contributed by atoms with Crippen LogP contribution in [0.4, 0.5) is 11.4 Å². The molecule has 0 radical (unpaired) electrons. The molecule has 1 heterocycles. The zero-order chi connectivity index (χ0) is 15.4. The fourth-order valence-corrected chi connectivity index (χ4v) is 2.08. The summed E-state index contributed by atoms with van der Waals surface area (Å²) >= 11 is 0. The van der Waals surface area contributed by atoms with E-state index in [1.807, 2.05) is 0 Å². The first-order valence-corrected chi connectivity index (χ1v) is 6.30. The minimum Gasteiger partial charge on any atom is -0.381 e. The van der Waals surface area contributed by atoms with Gasteiger partial charge in [-0.25, -0.2) is 0 Å². The van der Waals surface area contributed by atoms with E-state index in [2.05, 4.69) is 5.32 Å². The molecule has 0 spiro atoms. The van der Waals surface area contributed by atoms with Crippen LogP contribution in [0.2, 0.25) is 0 Å². The molecule has 2 rings (SSSR count). The number of nitrogens with zero attached hydrogens (tertiary/aromatic N) is 2. The third kappa shape index (κ3) is 3.51. The van der Waals surface area contributed by atoms with Crippen LogP contribution < -0.4 is 5.32 Å². The van der Waals surface area contributed by atoms with Crippen molar-refractivity contribution < 1.29 is 19.4 Å². The standard InChI is InChI=1S/C12H13N3O6/c16-12(13-9-3-5-21-6-4-9)8-1-2-10(14(17)18)11(7-8)15(19)20/h1-2,7,9H,3-6H2,(H,13,16). The van der Waals surface area contributed by atoms with Crippen LogP contribution in [0.25, 0.3) is 0 Å². The van der Waals surface area contributed by atoms with E-state index in [0.717, 1.165) is 12.1 Å². The second-order valence-electron chi connectivity index (χ2n) is 4.58. The molecule has 0 unspecified atom stereocenters. The lowest BCUT2D eigenvalue weighted by Crippen LogP contribution is -2.38. The topological polar surface area (TPSA) is 125 Å². The molecule has 9 nitrogen and oxygen atoms in total. The van der Waals surface area contributed by atoms with Gasteiger partial charge in [0.2, 0.25) is 0 Å². The Morgan fingerprint density at radius 1 is 1.14 bits per heavy atom. The second-order valence-corrected chi connectivity index (χ2v) is 4.58. The molecule has 1 aromatic carbocycles. The third-order valence-electron chi connectivity index (χ3n) is 3.19. The maximum Gasteiger partial charge on any atom is 0.346 e. The number of carbonyl (C=O) groups excluding carboxylic acids is 1. The Balaban J connectivity index is 2.19. The first-order valence-electron chi connectivity index (χ1n) is 6.30. The fourth-order valence-electron chi connectivity index (χ4n) is 2.08. The molecule has 1 amide bonds. The van der Waals surface area contributed by atoms with Crippen molar-refractivity contribution in [3.05, 3.63) is 44.0 Å². The van der Waals surface area contributed by atoms with Crippen LogP contribution in [-0.4, -0.2) is 35.0 Å². The number of hydrogen-bond donors (Lipinski definition) is 1. The van der Waals surface area contributed by atoms with Crippen molar-refractivity contribution in [3.63, 3.8) is 0 Å². The van der Waals surface area contributed by atoms with Crippen molar-refractivity contribution in [1.82, 2.24) is 5.32 Å². The smallest absolute Gasteiger partial charge is 0.346 e. The zero-order valence-electron chi connectivity index (χ0n) is 11.0. The summed E-state index contributed by atoms with van der Waals surface area (Å²) in [5.41, 5.74) is -1.30. The van der Waals surface area contributed by atoms with Gasteiger partial charge >= 0.3 is 11.4 Å². The summed E-state index contributed by atoms with van der Waals surface area (Å²) in [6, 6.07) is 3.05. The molecule has 0 bridgehead atoms. The van der Waals surface area contributed by atoms with Crippen molar-refractivity contribution in [2.24, 2.45) is 0 Å². The molecule has 0 aromatic heterocycles. The SMILES string of the molecule is O=C(NC1CCOCC1)c1ccc([N+](=O)[O-])c([N+](=O)[O-])c1. The summed E-state index contributed by atoms with van der Waals surface area (Å²) in [6.45, 7) is 1.09. The molecule has 1 fully saturated rings. The maximum absolute atomic E-state index is 12.0. The summed E-state index contributed by atoms with van der Waals surface area (Å²) in [6.07, 6.45) is 1.33. The van der Waals surface area contributed by atoms with E-state index in [9.17, 15) is 25.0 Å². The molecular weight excluding hydrogens is 282 g/mol. The average Bonchev–Trinajstić information content (AvgIpc) is 2.47. The zero-order valence-corrected chi connectivity index (χ0v) is 11.0. The van der Waals surface area contributed by atoms with Crippen LogP contribution in [0.3, 0.4) is 0 Å².